The highest BCUT2D eigenvalue weighted by atomic mass is 16.1. The molecule has 0 atom stereocenters. The molecule has 2 rings (SSSR count). The minimum atomic E-state index is -0.186. The van der Waals surface area contributed by atoms with Crippen LogP contribution in [0.2, 0.25) is 0 Å². The number of H-pyrrole nitrogens is 1. The van der Waals surface area contributed by atoms with Crippen molar-refractivity contribution in [3.63, 3.8) is 0 Å². The van der Waals surface area contributed by atoms with Gasteiger partial charge in [-0.15, -0.1) is 0 Å². The van der Waals surface area contributed by atoms with Gasteiger partial charge in [0.15, 0.2) is 5.69 Å². The first-order chi connectivity index (χ1) is 8.59. The number of carbonyl (C=O) groups excluding carboxylic acids is 1. The van der Waals surface area contributed by atoms with Gasteiger partial charge in [-0.05, 0) is 39.9 Å². The quantitative estimate of drug-likeness (QED) is 0.644. The van der Waals surface area contributed by atoms with Gasteiger partial charge in [0.25, 0.3) is 5.91 Å². The van der Waals surface area contributed by atoms with E-state index in [0.29, 0.717) is 23.8 Å². The Morgan fingerprint density at radius 1 is 1.56 bits per heavy atom. The predicted molar refractivity (Wildman–Crippen MR) is 70.5 cm³/mol. The van der Waals surface area contributed by atoms with Crippen molar-refractivity contribution in [2.45, 2.75) is 25.2 Å². The minimum Gasteiger partial charge on any atom is -0.395 e. The summed E-state index contributed by atoms with van der Waals surface area (Å²) in [5.41, 5.74) is 7.71. The lowest BCUT2D eigenvalue weighted by atomic mass is 10.2. The molecule has 0 unspecified atom stereocenters. The largest absolute Gasteiger partial charge is 0.395 e. The molecule has 1 heterocycles. The summed E-state index contributed by atoms with van der Waals surface area (Å²) in [7, 11) is 4.02. The van der Waals surface area contributed by atoms with Gasteiger partial charge in [-0.2, -0.15) is 5.10 Å². The number of aromatic amines is 1. The number of nitrogens with zero attached hydrogens (tertiary/aromatic N) is 2. The topological polar surface area (TPSA) is 87.0 Å². The van der Waals surface area contributed by atoms with Crippen LogP contribution >= 0.6 is 0 Å². The molecule has 1 aromatic rings. The maximum absolute atomic E-state index is 11.9. The molecule has 1 aromatic heterocycles. The standard InChI is InChI=1S/C12H21N5O/c1-17(2)7-3-6-14-12(18)11-9(13)10(15-16-11)8-4-5-8/h8H,3-7,13H2,1-2H3,(H,14,18)(H,15,16). The third-order valence-corrected chi connectivity index (χ3v) is 3.10. The molecular weight excluding hydrogens is 230 g/mol. The number of nitrogen functional groups attached to an aromatic ring is 1. The number of carbonyl (C=O) groups is 1. The fourth-order valence-electron chi connectivity index (χ4n) is 1.90. The molecule has 1 saturated carbocycles. The first kappa shape index (κ1) is 12.9. The zero-order chi connectivity index (χ0) is 13.1. The Bertz CT molecular complexity index is 422. The van der Waals surface area contributed by atoms with Crippen LogP contribution in [0.5, 0.6) is 0 Å². The maximum atomic E-state index is 11.9. The number of nitrogens with one attached hydrogen (secondary N) is 2. The van der Waals surface area contributed by atoms with Crippen LogP contribution in [0, 0.1) is 0 Å². The van der Waals surface area contributed by atoms with E-state index in [4.69, 9.17) is 5.73 Å². The van der Waals surface area contributed by atoms with E-state index in [-0.39, 0.29) is 5.91 Å². The lowest BCUT2D eigenvalue weighted by molar-refractivity contribution is 0.0948. The van der Waals surface area contributed by atoms with Crippen molar-refractivity contribution < 1.29 is 4.79 Å². The van der Waals surface area contributed by atoms with Gasteiger partial charge in [-0.3, -0.25) is 9.89 Å². The summed E-state index contributed by atoms with van der Waals surface area (Å²) in [5, 5.41) is 9.74. The molecular formula is C12H21N5O. The van der Waals surface area contributed by atoms with Crippen LogP contribution in [0.4, 0.5) is 5.69 Å². The molecule has 1 aliphatic rings. The van der Waals surface area contributed by atoms with E-state index in [2.05, 4.69) is 20.4 Å². The SMILES string of the molecule is CN(C)CCCNC(=O)c1n[nH]c(C2CC2)c1N. The van der Waals surface area contributed by atoms with Crippen molar-refractivity contribution in [3.05, 3.63) is 11.4 Å². The monoisotopic (exact) mass is 251 g/mol. The fourth-order valence-corrected chi connectivity index (χ4v) is 1.90. The summed E-state index contributed by atoms with van der Waals surface area (Å²) >= 11 is 0. The number of anilines is 1. The van der Waals surface area contributed by atoms with Crippen LogP contribution in [0.1, 0.15) is 41.4 Å². The lowest BCUT2D eigenvalue weighted by Crippen LogP contribution is -2.28. The van der Waals surface area contributed by atoms with E-state index in [1.807, 2.05) is 14.1 Å². The molecule has 1 amide bonds. The van der Waals surface area contributed by atoms with Gasteiger partial charge in [0.2, 0.25) is 0 Å². The van der Waals surface area contributed by atoms with Crippen LogP contribution in [-0.2, 0) is 0 Å². The molecule has 1 aliphatic carbocycles. The molecule has 0 radical (unpaired) electrons. The van der Waals surface area contributed by atoms with Gasteiger partial charge in [0, 0.05) is 12.5 Å². The van der Waals surface area contributed by atoms with Gasteiger partial charge in [0.1, 0.15) is 0 Å². The molecule has 0 saturated heterocycles. The maximum Gasteiger partial charge on any atom is 0.273 e. The summed E-state index contributed by atoms with van der Waals surface area (Å²) in [5.74, 6) is 0.294. The summed E-state index contributed by atoms with van der Waals surface area (Å²) in [6.07, 6.45) is 3.19. The molecule has 0 aliphatic heterocycles. The average Bonchev–Trinajstić information content (AvgIpc) is 3.08. The smallest absolute Gasteiger partial charge is 0.273 e. The lowest BCUT2D eigenvalue weighted by Gasteiger charge is -2.09. The van der Waals surface area contributed by atoms with Crippen molar-refractivity contribution >= 4 is 11.6 Å². The van der Waals surface area contributed by atoms with Crippen molar-refractivity contribution in [2.24, 2.45) is 0 Å². The second kappa shape index (κ2) is 5.39. The first-order valence-corrected chi connectivity index (χ1v) is 6.36. The van der Waals surface area contributed by atoms with Gasteiger partial charge in [0.05, 0.1) is 11.4 Å². The second-order valence-electron chi connectivity index (χ2n) is 5.09. The Labute approximate surface area is 107 Å². The van der Waals surface area contributed by atoms with Gasteiger partial charge < -0.3 is 16.0 Å². The normalized spacial score (nSPS) is 15.1. The number of hydrogen-bond acceptors (Lipinski definition) is 4. The molecule has 18 heavy (non-hydrogen) atoms. The average molecular weight is 251 g/mol. The van der Waals surface area contributed by atoms with E-state index >= 15 is 0 Å². The highest BCUT2D eigenvalue weighted by molar-refractivity contribution is 5.97. The number of amides is 1. The van der Waals surface area contributed by atoms with Gasteiger partial charge in [-0.1, -0.05) is 0 Å². The second-order valence-corrected chi connectivity index (χ2v) is 5.09. The highest BCUT2D eigenvalue weighted by Crippen LogP contribution is 2.42. The number of aromatic nitrogens is 2. The summed E-state index contributed by atoms with van der Waals surface area (Å²) < 4.78 is 0. The van der Waals surface area contributed by atoms with Gasteiger partial charge in [-0.25, -0.2) is 0 Å². The molecule has 100 valence electrons. The Kier molecular flexibility index (Phi) is 3.86. The molecule has 0 aromatic carbocycles. The van der Waals surface area contributed by atoms with E-state index in [1.165, 1.54) is 0 Å². The van der Waals surface area contributed by atoms with Crippen molar-refractivity contribution in [3.8, 4) is 0 Å². The number of hydrogen-bond donors (Lipinski definition) is 3. The number of nitrogens with two attached hydrogens (primary N) is 1. The summed E-state index contributed by atoms with van der Waals surface area (Å²) in [4.78, 5) is 14.0. The zero-order valence-electron chi connectivity index (χ0n) is 11.0. The summed E-state index contributed by atoms with van der Waals surface area (Å²) in [6, 6.07) is 0. The van der Waals surface area contributed by atoms with Crippen molar-refractivity contribution in [2.75, 3.05) is 32.9 Å². The van der Waals surface area contributed by atoms with E-state index in [0.717, 1.165) is 31.5 Å². The van der Waals surface area contributed by atoms with Crippen LogP contribution in [0.3, 0.4) is 0 Å². The van der Waals surface area contributed by atoms with E-state index in [9.17, 15) is 4.79 Å². The molecule has 4 N–H and O–H groups in total. The van der Waals surface area contributed by atoms with E-state index in [1.54, 1.807) is 0 Å². The number of rotatable bonds is 6. The molecule has 0 spiro atoms. The van der Waals surface area contributed by atoms with Crippen molar-refractivity contribution in [1.82, 2.24) is 20.4 Å². The van der Waals surface area contributed by atoms with Crippen LogP contribution < -0.4 is 11.1 Å². The Hall–Kier alpha value is -1.56. The first-order valence-electron chi connectivity index (χ1n) is 6.36. The Balaban J connectivity index is 1.85. The van der Waals surface area contributed by atoms with Crippen molar-refractivity contribution in [1.29, 1.82) is 0 Å². The molecule has 6 heteroatoms. The zero-order valence-corrected chi connectivity index (χ0v) is 11.0. The Morgan fingerprint density at radius 3 is 2.89 bits per heavy atom. The van der Waals surface area contributed by atoms with Crippen LogP contribution in [-0.4, -0.2) is 48.2 Å². The van der Waals surface area contributed by atoms with Crippen LogP contribution in [0.15, 0.2) is 0 Å². The van der Waals surface area contributed by atoms with E-state index < -0.39 is 0 Å². The predicted octanol–water partition coefficient (Wildman–Crippen LogP) is 0.551. The molecule has 1 fully saturated rings. The van der Waals surface area contributed by atoms with Crippen LogP contribution in [0.25, 0.3) is 0 Å². The highest BCUT2D eigenvalue weighted by Gasteiger charge is 2.30. The summed E-state index contributed by atoms with van der Waals surface area (Å²) in [6.45, 7) is 1.59. The minimum absolute atomic E-state index is 0.186. The third kappa shape index (κ3) is 3.01. The molecule has 6 nitrogen and oxygen atoms in total. The fraction of sp³-hybridized carbons (Fsp3) is 0.667. The van der Waals surface area contributed by atoms with Gasteiger partial charge >= 0.3 is 0 Å². The molecule has 0 bridgehead atoms. The third-order valence-electron chi connectivity index (χ3n) is 3.10. The Morgan fingerprint density at radius 2 is 2.28 bits per heavy atom.